The smallest absolute Gasteiger partial charge is 0.269 e. The SMILES string of the molecule is COCCNC(=NCc1ccc([N+](=O)[O-])cc1)NCC(c1ccco1)N1CCCC1. The van der Waals surface area contributed by atoms with E-state index in [0.717, 1.165) is 24.4 Å². The van der Waals surface area contributed by atoms with E-state index in [1.165, 1.54) is 25.0 Å². The van der Waals surface area contributed by atoms with Crippen LogP contribution in [-0.4, -0.2) is 55.7 Å². The second-order valence-corrected chi connectivity index (χ2v) is 7.16. The highest BCUT2D eigenvalue weighted by Gasteiger charge is 2.25. The minimum atomic E-state index is -0.403. The minimum Gasteiger partial charge on any atom is -0.468 e. The Morgan fingerprint density at radius 3 is 2.67 bits per heavy atom. The summed E-state index contributed by atoms with van der Waals surface area (Å²) in [4.78, 5) is 17.5. The van der Waals surface area contributed by atoms with Gasteiger partial charge in [-0.1, -0.05) is 12.1 Å². The summed E-state index contributed by atoms with van der Waals surface area (Å²) in [5.41, 5.74) is 0.974. The Morgan fingerprint density at radius 1 is 1.27 bits per heavy atom. The van der Waals surface area contributed by atoms with Gasteiger partial charge in [0.25, 0.3) is 5.69 Å². The summed E-state index contributed by atoms with van der Waals surface area (Å²) in [7, 11) is 1.66. The Balaban J connectivity index is 1.65. The van der Waals surface area contributed by atoms with Gasteiger partial charge in [0.1, 0.15) is 5.76 Å². The minimum absolute atomic E-state index is 0.0752. The van der Waals surface area contributed by atoms with E-state index in [-0.39, 0.29) is 11.7 Å². The number of rotatable bonds is 10. The lowest BCUT2D eigenvalue weighted by molar-refractivity contribution is -0.384. The predicted octanol–water partition coefficient (Wildman–Crippen LogP) is 2.71. The van der Waals surface area contributed by atoms with Gasteiger partial charge in [-0.25, -0.2) is 4.99 Å². The first-order valence-electron chi connectivity index (χ1n) is 10.2. The van der Waals surface area contributed by atoms with Crippen molar-refractivity contribution in [3.63, 3.8) is 0 Å². The van der Waals surface area contributed by atoms with Gasteiger partial charge in [-0.2, -0.15) is 0 Å². The lowest BCUT2D eigenvalue weighted by Gasteiger charge is -2.26. The fraction of sp³-hybridized carbons (Fsp3) is 0.476. The van der Waals surface area contributed by atoms with Gasteiger partial charge in [-0.15, -0.1) is 0 Å². The van der Waals surface area contributed by atoms with E-state index < -0.39 is 4.92 Å². The highest BCUT2D eigenvalue weighted by atomic mass is 16.6. The van der Waals surface area contributed by atoms with E-state index >= 15 is 0 Å². The van der Waals surface area contributed by atoms with Gasteiger partial charge >= 0.3 is 0 Å². The molecule has 162 valence electrons. The maximum absolute atomic E-state index is 10.8. The molecule has 1 aliphatic rings. The molecule has 1 fully saturated rings. The number of ether oxygens (including phenoxy) is 1. The maximum atomic E-state index is 10.8. The van der Waals surface area contributed by atoms with Crippen LogP contribution in [0, 0.1) is 10.1 Å². The molecule has 0 spiro atoms. The van der Waals surface area contributed by atoms with Gasteiger partial charge in [0.05, 0.1) is 30.4 Å². The third-order valence-electron chi connectivity index (χ3n) is 5.08. The van der Waals surface area contributed by atoms with Crippen molar-refractivity contribution in [1.29, 1.82) is 0 Å². The zero-order chi connectivity index (χ0) is 21.2. The lowest BCUT2D eigenvalue weighted by atomic mass is 10.2. The molecule has 9 heteroatoms. The molecule has 0 amide bonds. The van der Waals surface area contributed by atoms with E-state index in [1.54, 1.807) is 25.5 Å². The zero-order valence-corrected chi connectivity index (χ0v) is 17.3. The van der Waals surface area contributed by atoms with E-state index in [2.05, 4.69) is 20.5 Å². The molecule has 1 aromatic heterocycles. The monoisotopic (exact) mass is 415 g/mol. The summed E-state index contributed by atoms with van der Waals surface area (Å²) >= 11 is 0. The number of guanidine groups is 1. The van der Waals surface area contributed by atoms with Crippen molar-refractivity contribution in [3.05, 3.63) is 64.1 Å². The Labute approximate surface area is 176 Å². The van der Waals surface area contributed by atoms with Gasteiger partial charge in [-0.05, 0) is 43.6 Å². The second-order valence-electron chi connectivity index (χ2n) is 7.16. The van der Waals surface area contributed by atoms with Crippen LogP contribution >= 0.6 is 0 Å². The third kappa shape index (κ3) is 6.30. The number of aliphatic imine (C=N–C) groups is 1. The van der Waals surface area contributed by atoms with Crippen LogP contribution in [0.25, 0.3) is 0 Å². The topological polar surface area (TPSA) is 105 Å². The van der Waals surface area contributed by atoms with E-state index in [4.69, 9.17) is 9.15 Å². The first kappa shape index (κ1) is 21.8. The number of nitrogens with zero attached hydrogens (tertiary/aromatic N) is 3. The van der Waals surface area contributed by atoms with Crippen LogP contribution in [-0.2, 0) is 11.3 Å². The average Bonchev–Trinajstić information content (AvgIpc) is 3.47. The normalized spacial score (nSPS) is 15.8. The number of hydrogen-bond donors (Lipinski definition) is 2. The van der Waals surface area contributed by atoms with Crippen molar-refractivity contribution in [2.24, 2.45) is 4.99 Å². The first-order chi connectivity index (χ1) is 14.7. The van der Waals surface area contributed by atoms with Crippen molar-refractivity contribution in [2.75, 3.05) is 39.9 Å². The molecule has 0 radical (unpaired) electrons. The van der Waals surface area contributed by atoms with E-state index in [1.807, 2.05) is 12.1 Å². The molecule has 1 unspecified atom stereocenters. The molecule has 9 nitrogen and oxygen atoms in total. The highest BCUT2D eigenvalue weighted by Crippen LogP contribution is 2.24. The van der Waals surface area contributed by atoms with Gasteiger partial charge < -0.3 is 19.8 Å². The van der Waals surface area contributed by atoms with Crippen molar-refractivity contribution in [3.8, 4) is 0 Å². The summed E-state index contributed by atoms with van der Waals surface area (Å²) in [5, 5.41) is 17.5. The molecule has 0 saturated carbocycles. The molecule has 2 heterocycles. The van der Waals surface area contributed by atoms with Crippen LogP contribution < -0.4 is 10.6 Å². The number of non-ortho nitro benzene ring substituents is 1. The molecule has 3 rings (SSSR count). The number of benzene rings is 1. The third-order valence-corrected chi connectivity index (χ3v) is 5.08. The van der Waals surface area contributed by atoms with Crippen molar-refractivity contribution >= 4 is 11.6 Å². The molecule has 2 aromatic rings. The number of furan rings is 1. The zero-order valence-electron chi connectivity index (χ0n) is 17.3. The first-order valence-corrected chi connectivity index (χ1v) is 10.2. The average molecular weight is 415 g/mol. The van der Waals surface area contributed by atoms with Gasteiger partial charge in [0.15, 0.2) is 5.96 Å². The van der Waals surface area contributed by atoms with Crippen LogP contribution in [0.3, 0.4) is 0 Å². The molecule has 0 aliphatic carbocycles. The number of nitrogens with one attached hydrogen (secondary N) is 2. The number of hydrogen-bond acceptors (Lipinski definition) is 6. The summed E-state index contributed by atoms with van der Waals surface area (Å²) in [6.07, 6.45) is 4.10. The molecular formula is C21H29N5O4. The molecule has 1 aromatic carbocycles. The Bertz CT molecular complexity index is 801. The molecule has 2 N–H and O–H groups in total. The Hall–Kier alpha value is -2.91. The number of nitro groups is 1. The molecule has 1 aliphatic heterocycles. The van der Waals surface area contributed by atoms with Gasteiger partial charge in [0.2, 0.25) is 0 Å². The van der Waals surface area contributed by atoms with Crippen molar-refractivity contribution < 1.29 is 14.1 Å². The standard InChI is InChI=1S/C21H29N5O4/c1-29-14-10-22-21(23-15-17-6-8-18(9-7-17)26(27)28)24-16-19(20-5-4-13-30-20)25-11-2-3-12-25/h4-9,13,19H,2-3,10-12,14-16H2,1H3,(H2,22,23,24). The fourth-order valence-electron chi connectivity index (χ4n) is 3.48. The Kier molecular flexibility index (Phi) is 8.22. The largest absolute Gasteiger partial charge is 0.468 e. The Morgan fingerprint density at radius 2 is 2.03 bits per heavy atom. The maximum Gasteiger partial charge on any atom is 0.269 e. The van der Waals surface area contributed by atoms with Crippen LogP contribution in [0.5, 0.6) is 0 Å². The van der Waals surface area contributed by atoms with Crippen molar-refractivity contribution in [2.45, 2.75) is 25.4 Å². The number of likely N-dealkylation sites (tertiary alicyclic amines) is 1. The highest BCUT2D eigenvalue weighted by molar-refractivity contribution is 5.79. The quantitative estimate of drug-likeness (QED) is 0.202. The number of methoxy groups -OCH3 is 1. The van der Waals surface area contributed by atoms with E-state index in [0.29, 0.717) is 32.2 Å². The second kappa shape index (κ2) is 11.3. The van der Waals surface area contributed by atoms with E-state index in [9.17, 15) is 10.1 Å². The summed E-state index contributed by atoms with van der Waals surface area (Å²) in [6.45, 7) is 4.37. The summed E-state index contributed by atoms with van der Waals surface area (Å²) in [5.74, 6) is 1.61. The molecular weight excluding hydrogens is 386 g/mol. The predicted molar refractivity (Wildman–Crippen MR) is 114 cm³/mol. The van der Waals surface area contributed by atoms with Crippen LogP contribution in [0.4, 0.5) is 5.69 Å². The molecule has 30 heavy (non-hydrogen) atoms. The summed E-state index contributed by atoms with van der Waals surface area (Å²) < 4.78 is 10.8. The van der Waals surface area contributed by atoms with Crippen LogP contribution in [0.1, 0.15) is 30.2 Å². The van der Waals surface area contributed by atoms with Crippen LogP contribution in [0.2, 0.25) is 0 Å². The van der Waals surface area contributed by atoms with Gasteiger partial charge in [0, 0.05) is 32.3 Å². The molecule has 1 saturated heterocycles. The fourth-order valence-corrected chi connectivity index (χ4v) is 3.48. The lowest BCUT2D eigenvalue weighted by Crippen LogP contribution is -2.43. The van der Waals surface area contributed by atoms with Gasteiger partial charge in [-0.3, -0.25) is 15.0 Å². The number of nitro benzene ring substituents is 1. The van der Waals surface area contributed by atoms with Crippen molar-refractivity contribution in [1.82, 2.24) is 15.5 Å². The molecule has 0 bridgehead atoms. The molecule has 1 atom stereocenters. The van der Waals surface area contributed by atoms with Crippen LogP contribution in [0.15, 0.2) is 52.1 Å². The summed E-state index contributed by atoms with van der Waals surface area (Å²) in [6, 6.07) is 10.5.